The highest BCUT2D eigenvalue weighted by Gasteiger charge is 2.17. The van der Waals surface area contributed by atoms with Crippen molar-refractivity contribution in [1.29, 1.82) is 0 Å². The van der Waals surface area contributed by atoms with Crippen molar-refractivity contribution in [3.05, 3.63) is 22.5 Å². The fourth-order valence-corrected chi connectivity index (χ4v) is 2.29. The van der Waals surface area contributed by atoms with Crippen molar-refractivity contribution in [3.8, 4) is 0 Å². The molecule has 0 aliphatic carbocycles. The SMILES string of the molecule is Cc1c(C(C)C)c(C)n(CC(=O)O)c1C. The van der Waals surface area contributed by atoms with E-state index in [1.54, 1.807) is 0 Å². The number of carboxylic acid groups (broad SMARTS) is 1. The third-order valence-corrected chi connectivity index (χ3v) is 3.02. The Labute approximate surface area is 90.7 Å². The van der Waals surface area contributed by atoms with E-state index in [0.29, 0.717) is 5.92 Å². The minimum atomic E-state index is -0.786. The Bertz CT molecular complexity index is 389. The summed E-state index contributed by atoms with van der Waals surface area (Å²) < 4.78 is 1.88. The molecule has 0 bridgehead atoms. The third kappa shape index (κ3) is 2.06. The normalized spacial score (nSPS) is 11.1. The standard InChI is InChI=1S/C12H19NO2/c1-7(2)12-8(3)9(4)13(10(12)5)6-11(14)15/h7H,6H2,1-5H3,(H,14,15). The second-order valence-corrected chi connectivity index (χ2v) is 4.34. The number of aliphatic carboxylic acids is 1. The van der Waals surface area contributed by atoms with Crippen molar-refractivity contribution in [2.24, 2.45) is 0 Å². The Hall–Kier alpha value is -1.25. The molecule has 0 saturated carbocycles. The molecule has 84 valence electrons. The first kappa shape index (κ1) is 11.8. The third-order valence-electron chi connectivity index (χ3n) is 3.02. The number of aromatic nitrogens is 1. The van der Waals surface area contributed by atoms with Crippen LogP contribution < -0.4 is 0 Å². The Morgan fingerprint density at radius 3 is 2.13 bits per heavy atom. The van der Waals surface area contributed by atoms with Gasteiger partial charge in [-0.3, -0.25) is 4.79 Å². The zero-order chi connectivity index (χ0) is 11.7. The molecule has 0 aliphatic heterocycles. The van der Waals surface area contributed by atoms with Crippen LogP contribution in [0, 0.1) is 20.8 Å². The van der Waals surface area contributed by atoms with Gasteiger partial charge >= 0.3 is 5.97 Å². The monoisotopic (exact) mass is 209 g/mol. The molecule has 15 heavy (non-hydrogen) atoms. The number of carbonyl (C=O) groups is 1. The van der Waals surface area contributed by atoms with E-state index >= 15 is 0 Å². The van der Waals surface area contributed by atoms with E-state index in [2.05, 4.69) is 20.8 Å². The van der Waals surface area contributed by atoms with Crippen LogP contribution in [-0.4, -0.2) is 15.6 Å². The highest BCUT2D eigenvalue weighted by atomic mass is 16.4. The average molecular weight is 209 g/mol. The van der Waals surface area contributed by atoms with Crippen molar-refractivity contribution in [1.82, 2.24) is 4.57 Å². The van der Waals surface area contributed by atoms with Crippen LogP contribution in [0.2, 0.25) is 0 Å². The van der Waals surface area contributed by atoms with Gasteiger partial charge < -0.3 is 9.67 Å². The van der Waals surface area contributed by atoms with Gasteiger partial charge in [0.15, 0.2) is 0 Å². The summed E-state index contributed by atoms with van der Waals surface area (Å²) in [5.74, 6) is -0.342. The van der Waals surface area contributed by atoms with Gasteiger partial charge in [-0.2, -0.15) is 0 Å². The van der Waals surface area contributed by atoms with E-state index in [0.717, 1.165) is 11.4 Å². The Morgan fingerprint density at radius 1 is 1.27 bits per heavy atom. The summed E-state index contributed by atoms with van der Waals surface area (Å²) in [6, 6.07) is 0. The lowest BCUT2D eigenvalue weighted by Gasteiger charge is -2.08. The summed E-state index contributed by atoms with van der Waals surface area (Å²) in [6.07, 6.45) is 0. The number of hydrogen-bond acceptors (Lipinski definition) is 1. The Kier molecular flexibility index (Phi) is 3.22. The van der Waals surface area contributed by atoms with Crippen LogP contribution >= 0.6 is 0 Å². The summed E-state index contributed by atoms with van der Waals surface area (Å²) in [6.45, 7) is 10.4. The van der Waals surface area contributed by atoms with Gasteiger partial charge in [0.2, 0.25) is 0 Å². The molecule has 0 unspecified atom stereocenters. The molecule has 1 aromatic heterocycles. The predicted molar refractivity (Wildman–Crippen MR) is 60.4 cm³/mol. The summed E-state index contributed by atoms with van der Waals surface area (Å²) in [5, 5.41) is 8.83. The van der Waals surface area contributed by atoms with Gasteiger partial charge in [0, 0.05) is 11.4 Å². The molecule has 3 nitrogen and oxygen atoms in total. The Balaban J connectivity index is 3.29. The Morgan fingerprint density at radius 2 is 1.80 bits per heavy atom. The summed E-state index contributed by atoms with van der Waals surface area (Å²) in [7, 11) is 0. The molecule has 3 heteroatoms. The molecule has 1 heterocycles. The van der Waals surface area contributed by atoms with Crippen LogP contribution in [0.25, 0.3) is 0 Å². The lowest BCUT2D eigenvalue weighted by molar-refractivity contribution is -0.137. The molecule has 0 aromatic carbocycles. The smallest absolute Gasteiger partial charge is 0.323 e. The van der Waals surface area contributed by atoms with Crippen molar-refractivity contribution in [2.75, 3.05) is 0 Å². The van der Waals surface area contributed by atoms with Crippen LogP contribution in [0.4, 0.5) is 0 Å². The van der Waals surface area contributed by atoms with Gasteiger partial charge in [0.25, 0.3) is 0 Å². The van der Waals surface area contributed by atoms with E-state index in [-0.39, 0.29) is 6.54 Å². The zero-order valence-electron chi connectivity index (χ0n) is 10.1. The second-order valence-electron chi connectivity index (χ2n) is 4.34. The molecular weight excluding hydrogens is 190 g/mol. The fourth-order valence-electron chi connectivity index (χ4n) is 2.29. The lowest BCUT2D eigenvalue weighted by Crippen LogP contribution is -2.11. The largest absolute Gasteiger partial charge is 0.480 e. The van der Waals surface area contributed by atoms with Crippen molar-refractivity contribution < 1.29 is 9.90 Å². The fraction of sp³-hybridized carbons (Fsp3) is 0.583. The first-order valence-corrected chi connectivity index (χ1v) is 5.24. The molecule has 0 saturated heterocycles. The van der Waals surface area contributed by atoms with Crippen molar-refractivity contribution in [3.63, 3.8) is 0 Å². The maximum Gasteiger partial charge on any atom is 0.323 e. The number of rotatable bonds is 3. The molecule has 1 N–H and O–H groups in total. The number of carboxylic acids is 1. The summed E-state index contributed by atoms with van der Waals surface area (Å²) in [4.78, 5) is 10.7. The minimum absolute atomic E-state index is 0.0607. The molecule has 0 aliphatic rings. The van der Waals surface area contributed by atoms with Crippen LogP contribution in [0.5, 0.6) is 0 Å². The highest BCUT2D eigenvalue weighted by molar-refractivity contribution is 5.67. The molecule has 0 radical (unpaired) electrons. The maximum atomic E-state index is 10.7. The summed E-state index contributed by atoms with van der Waals surface area (Å²) in [5.41, 5.74) is 4.67. The van der Waals surface area contributed by atoms with Gasteiger partial charge in [-0.15, -0.1) is 0 Å². The van der Waals surface area contributed by atoms with E-state index in [9.17, 15) is 4.79 Å². The number of hydrogen-bond donors (Lipinski definition) is 1. The molecule has 0 fully saturated rings. The average Bonchev–Trinajstić information content (AvgIpc) is 2.29. The first-order chi connectivity index (χ1) is 6.86. The van der Waals surface area contributed by atoms with Crippen molar-refractivity contribution in [2.45, 2.75) is 47.1 Å². The molecule has 0 atom stereocenters. The molecule has 1 rings (SSSR count). The second kappa shape index (κ2) is 4.09. The minimum Gasteiger partial charge on any atom is -0.480 e. The topological polar surface area (TPSA) is 42.2 Å². The molecule has 1 aromatic rings. The van der Waals surface area contributed by atoms with Crippen LogP contribution in [0.3, 0.4) is 0 Å². The quantitative estimate of drug-likeness (QED) is 0.831. The maximum absolute atomic E-state index is 10.7. The van der Waals surface area contributed by atoms with Crippen LogP contribution in [-0.2, 0) is 11.3 Å². The van der Waals surface area contributed by atoms with Crippen molar-refractivity contribution >= 4 is 5.97 Å². The van der Waals surface area contributed by atoms with Gasteiger partial charge in [-0.05, 0) is 37.8 Å². The van der Waals surface area contributed by atoms with Crippen LogP contribution in [0.15, 0.2) is 0 Å². The van der Waals surface area contributed by atoms with E-state index in [4.69, 9.17) is 5.11 Å². The molecule has 0 spiro atoms. The first-order valence-electron chi connectivity index (χ1n) is 5.24. The zero-order valence-corrected chi connectivity index (χ0v) is 10.1. The van der Waals surface area contributed by atoms with E-state index in [1.807, 2.05) is 18.4 Å². The van der Waals surface area contributed by atoms with Gasteiger partial charge in [0.1, 0.15) is 6.54 Å². The van der Waals surface area contributed by atoms with E-state index < -0.39 is 5.97 Å². The summed E-state index contributed by atoms with van der Waals surface area (Å²) >= 11 is 0. The van der Waals surface area contributed by atoms with Gasteiger partial charge in [-0.25, -0.2) is 0 Å². The highest BCUT2D eigenvalue weighted by Crippen LogP contribution is 2.28. The van der Waals surface area contributed by atoms with E-state index in [1.165, 1.54) is 11.1 Å². The van der Waals surface area contributed by atoms with Crippen LogP contribution in [0.1, 0.15) is 42.3 Å². The predicted octanol–water partition coefficient (Wildman–Crippen LogP) is 2.62. The number of nitrogens with zero attached hydrogens (tertiary/aromatic N) is 1. The lowest BCUT2D eigenvalue weighted by atomic mass is 9.99. The van der Waals surface area contributed by atoms with Gasteiger partial charge in [0.05, 0.1) is 0 Å². The molecule has 0 amide bonds. The van der Waals surface area contributed by atoms with Gasteiger partial charge in [-0.1, -0.05) is 13.8 Å². The molecular formula is C12H19NO2.